The monoisotopic (exact) mass is 280 g/mol. The second kappa shape index (κ2) is 4.35. The maximum absolute atomic E-state index is 13.5. The fourth-order valence-electron chi connectivity index (χ4n) is 2.08. The first-order chi connectivity index (χ1) is 9.10. The summed E-state index contributed by atoms with van der Waals surface area (Å²) < 4.78 is 13.5. The van der Waals surface area contributed by atoms with Crippen LogP contribution in [0.4, 0.5) is 15.8 Å². The van der Waals surface area contributed by atoms with Crippen molar-refractivity contribution < 1.29 is 14.0 Å². The highest BCUT2D eigenvalue weighted by Gasteiger charge is 2.33. The van der Waals surface area contributed by atoms with Crippen LogP contribution in [0.2, 0.25) is 5.02 Å². The minimum Gasteiger partial charge on any atom is -0.349 e. The first-order valence-corrected chi connectivity index (χ1v) is 6.23. The summed E-state index contributed by atoms with van der Waals surface area (Å²) in [5.41, 5.74) is 1.31. The predicted octanol–water partition coefficient (Wildman–Crippen LogP) is 2.48. The van der Waals surface area contributed by atoms with E-state index in [1.165, 1.54) is 12.1 Å². The number of aldehydes is 1. The molecule has 1 saturated carbocycles. The average molecular weight is 281 g/mol. The van der Waals surface area contributed by atoms with E-state index in [4.69, 9.17) is 11.6 Å². The van der Waals surface area contributed by atoms with Crippen molar-refractivity contribution in [2.75, 3.05) is 10.2 Å². The number of nitrogens with zero attached hydrogens (tertiary/aromatic N) is 1. The molecule has 98 valence electrons. The number of carbonyl (C=O) groups excluding carboxylic acids is 2. The van der Waals surface area contributed by atoms with Gasteiger partial charge in [-0.3, -0.25) is 9.59 Å². The third-order valence-corrected chi connectivity index (χ3v) is 3.46. The second-order valence-electron chi connectivity index (χ2n) is 4.57. The largest absolute Gasteiger partial charge is 0.349 e. The summed E-state index contributed by atoms with van der Waals surface area (Å²) in [6.45, 7) is 0. The summed E-state index contributed by atoms with van der Waals surface area (Å²) in [7, 11) is 0. The number of ketones is 1. The Bertz CT molecular complexity index is 611. The molecule has 0 radical (unpaired) electrons. The highest BCUT2D eigenvalue weighted by molar-refractivity contribution is 6.34. The van der Waals surface area contributed by atoms with Gasteiger partial charge in [0.15, 0.2) is 6.29 Å². The fourth-order valence-corrected chi connectivity index (χ4v) is 2.24. The minimum atomic E-state index is -0.661. The number of Topliss-reactive ketones (excluding diaryl/α,β-unsaturated/α-hetero) is 1. The zero-order valence-electron chi connectivity index (χ0n) is 9.82. The van der Waals surface area contributed by atoms with Gasteiger partial charge in [-0.2, -0.15) is 0 Å². The van der Waals surface area contributed by atoms with Gasteiger partial charge >= 0.3 is 0 Å². The molecule has 0 unspecified atom stereocenters. The van der Waals surface area contributed by atoms with Crippen LogP contribution >= 0.6 is 11.6 Å². The van der Waals surface area contributed by atoms with Gasteiger partial charge in [-0.1, -0.05) is 11.6 Å². The molecule has 0 saturated heterocycles. The van der Waals surface area contributed by atoms with Gasteiger partial charge in [0.1, 0.15) is 11.5 Å². The topological polar surface area (TPSA) is 49.4 Å². The van der Waals surface area contributed by atoms with Crippen molar-refractivity contribution in [2.45, 2.75) is 18.9 Å². The molecule has 0 bridgehead atoms. The number of nitrogens with one attached hydrogen (secondary N) is 1. The van der Waals surface area contributed by atoms with Crippen LogP contribution in [0, 0.1) is 5.82 Å². The zero-order valence-corrected chi connectivity index (χ0v) is 10.6. The van der Waals surface area contributed by atoms with Gasteiger partial charge in [0, 0.05) is 18.3 Å². The van der Waals surface area contributed by atoms with E-state index in [0.29, 0.717) is 5.69 Å². The zero-order chi connectivity index (χ0) is 13.6. The smallest absolute Gasteiger partial charge is 0.242 e. The Morgan fingerprint density at radius 2 is 2.21 bits per heavy atom. The van der Waals surface area contributed by atoms with Crippen molar-refractivity contribution in [1.82, 2.24) is 0 Å². The molecule has 3 rings (SSSR count). The van der Waals surface area contributed by atoms with Crippen molar-refractivity contribution in [3.63, 3.8) is 0 Å². The van der Waals surface area contributed by atoms with Crippen LogP contribution in [0.5, 0.6) is 0 Å². The van der Waals surface area contributed by atoms with Crippen LogP contribution in [-0.4, -0.2) is 18.1 Å². The van der Waals surface area contributed by atoms with Crippen molar-refractivity contribution in [1.29, 1.82) is 0 Å². The summed E-state index contributed by atoms with van der Waals surface area (Å²) >= 11 is 5.79. The molecule has 0 atom stereocenters. The first kappa shape index (κ1) is 12.2. The quantitative estimate of drug-likeness (QED) is 0.683. The third-order valence-electron chi connectivity index (χ3n) is 3.17. The van der Waals surface area contributed by atoms with E-state index in [1.54, 1.807) is 6.20 Å². The van der Waals surface area contributed by atoms with Gasteiger partial charge in [-0.25, -0.2) is 4.39 Å². The number of halogens is 2. The van der Waals surface area contributed by atoms with E-state index in [-0.39, 0.29) is 23.0 Å². The number of rotatable bonds is 3. The van der Waals surface area contributed by atoms with Gasteiger partial charge in [0.25, 0.3) is 0 Å². The van der Waals surface area contributed by atoms with E-state index in [2.05, 4.69) is 5.32 Å². The number of anilines is 2. The number of hydrogen-bond donors (Lipinski definition) is 1. The van der Waals surface area contributed by atoms with E-state index in [0.717, 1.165) is 18.5 Å². The molecule has 19 heavy (non-hydrogen) atoms. The molecule has 4 nitrogen and oxygen atoms in total. The van der Waals surface area contributed by atoms with Crippen LogP contribution in [0.1, 0.15) is 12.8 Å². The number of fused-ring (bicyclic) bond motifs is 1. The van der Waals surface area contributed by atoms with Crippen LogP contribution < -0.4 is 10.2 Å². The molecule has 1 aromatic carbocycles. The maximum Gasteiger partial charge on any atom is 0.242 e. The summed E-state index contributed by atoms with van der Waals surface area (Å²) in [6.07, 6.45) is 3.81. The lowest BCUT2D eigenvalue weighted by Crippen LogP contribution is -2.28. The van der Waals surface area contributed by atoms with Crippen molar-refractivity contribution in [2.24, 2.45) is 0 Å². The molecule has 1 aliphatic carbocycles. The van der Waals surface area contributed by atoms with E-state index in [1.807, 2.05) is 4.90 Å². The molecule has 2 aliphatic rings. The Hall–Kier alpha value is -1.88. The van der Waals surface area contributed by atoms with Gasteiger partial charge in [0.2, 0.25) is 5.78 Å². The SMILES string of the molecule is O=CC(=O)C1=CN(C2CC2)c2cc(Cl)c(F)cc2N1. The summed E-state index contributed by atoms with van der Waals surface area (Å²) in [4.78, 5) is 23.9. The predicted molar refractivity (Wildman–Crippen MR) is 69.7 cm³/mol. The second-order valence-corrected chi connectivity index (χ2v) is 4.98. The van der Waals surface area contributed by atoms with Gasteiger partial charge in [-0.05, 0) is 18.9 Å². The molecule has 0 amide bonds. The lowest BCUT2D eigenvalue weighted by atomic mass is 10.1. The standard InChI is InChI=1S/C13H10ClFN2O2/c14-8-3-12-10(4-9(8)15)16-11(13(19)6-18)5-17(12)7-1-2-7/h3-7,16H,1-2H2. The van der Waals surface area contributed by atoms with Crippen LogP contribution in [0.25, 0.3) is 0 Å². The Kier molecular flexibility index (Phi) is 2.78. The maximum atomic E-state index is 13.5. The Morgan fingerprint density at radius 3 is 2.84 bits per heavy atom. The normalized spacial score (nSPS) is 17.4. The van der Waals surface area contributed by atoms with Crippen molar-refractivity contribution in [3.05, 3.63) is 34.9 Å². The van der Waals surface area contributed by atoms with Crippen LogP contribution in [0.15, 0.2) is 24.0 Å². The molecule has 1 N–H and O–H groups in total. The highest BCUT2D eigenvalue weighted by Crippen LogP contribution is 2.41. The summed E-state index contributed by atoms with van der Waals surface area (Å²) in [6, 6.07) is 3.03. The number of allylic oxidation sites excluding steroid dienone is 1. The summed E-state index contributed by atoms with van der Waals surface area (Å²) in [5, 5.41) is 2.80. The lowest BCUT2D eigenvalue weighted by molar-refractivity contribution is -0.127. The van der Waals surface area contributed by atoms with Crippen molar-refractivity contribution >= 4 is 35.0 Å². The molecular weight excluding hydrogens is 271 g/mol. The average Bonchev–Trinajstić information content (AvgIpc) is 3.22. The minimum absolute atomic E-state index is 0.0322. The lowest BCUT2D eigenvalue weighted by Gasteiger charge is -2.29. The highest BCUT2D eigenvalue weighted by atomic mass is 35.5. The molecule has 1 heterocycles. The number of hydrogen-bond acceptors (Lipinski definition) is 4. The van der Waals surface area contributed by atoms with Crippen molar-refractivity contribution in [3.8, 4) is 0 Å². The Labute approximate surface area is 113 Å². The molecule has 6 heteroatoms. The molecule has 0 aromatic heterocycles. The molecule has 0 spiro atoms. The van der Waals surface area contributed by atoms with E-state index >= 15 is 0 Å². The third kappa shape index (κ3) is 2.10. The fraction of sp³-hybridized carbons (Fsp3) is 0.231. The van der Waals surface area contributed by atoms with Gasteiger partial charge in [0.05, 0.1) is 16.4 Å². The molecule has 1 fully saturated rings. The number of benzene rings is 1. The van der Waals surface area contributed by atoms with E-state index in [9.17, 15) is 14.0 Å². The van der Waals surface area contributed by atoms with Gasteiger partial charge in [-0.15, -0.1) is 0 Å². The Morgan fingerprint density at radius 1 is 1.47 bits per heavy atom. The molecule has 1 aliphatic heterocycles. The molecular formula is C13H10ClFN2O2. The first-order valence-electron chi connectivity index (χ1n) is 5.86. The van der Waals surface area contributed by atoms with Crippen LogP contribution in [0.3, 0.4) is 0 Å². The summed E-state index contributed by atoms with van der Waals surface area (Å²) in [5.74, 6) is -1.23. The Balaban J connectivity index is 2.08. The molecule has 1 aromatic rings. The van der Waals surface area contributed by atoms with Gasteiger partial charge < -0.3 is 10.2 Å². The van der Waals surface area contributed by atoms with E-state index < -0.39 is 11.6 Å². The number of carbonyl (C=O) groups is 2. The van der Waals surface area contributed by atoms with Crippen LogP contribution in [-0.2, 0) is 9.59 Å².